The van der Waals surface area contributed by atoms with Crippen LogP contribution in [-0.2, 0) is 10.2 Å². The summed E-state index contributed by atoms with van der Waals surface area (Å²) in [5, 5.41) is 9.49. The summed E-state index contributed by atoms with van der Waals surface area (Å²) in [6.45, 7) is 3.65. The van der Waals surface area contributed by atoms with Gasteiger partial charge in [0.05, 0.1) is 21.5 Å². The Kier molecular flexibility index (Phi) is 4.61. The van der Waals surface area contributed by atoms with Crippen LogP contribution in [0.5, 0.6) is 0 Å². The molecule has 0 heterocycles. The maximum Gasteiger partial charge on any atom is 0.233 e. The van der Waals surface area contributed by atoms with E-state index in [0.29, 0.717) is 10.0 Å². The van der Waals surface area contributed by atoms with Crippen molar-refractivity contribution in [3.8, 4) is 6.07 Å². The van der Waals surface area contributed by atoms with E-state index in [0.717, 1.165) is 5.56 Å². The Morgan fingerprint density at radius 2 is 2.00 bits per heavy atom. The number of carbonyl (C=O) groups is 1. The molecule has 0 aliphatic heterocycles. The third kappa shape index (κ3) is 2.95. The lowest BCUT2D eigenvalue weighted by Gasteiger charge is -2.28. The first-order chi connectivity index (χ1) is 8.30. The van der Waals surface area contributed by atoms with Crippen LogP contribution in [0.1, 0.15) is 19.4 Å². The number of amides is 1. The van der Waals surface area contributed by atoms with E-state index < -0.39 is 5.41 Å². The van der Waals surface area contributed by atoms with Crippen molar-refractivity contribution in [3.63, 3.8) is 0 Å². The van der Waals surface area contributed by atoms with Crippen LogP contribution in [0.15, 0.2) is 18.2 Å². The molecule has 96 valence electrons. The Hall–Kier alpha value is -1.24. The van der Waals surface area contributed by atoms with Gasteiger partial charge in [-0.25, -0.2) is 0 Å². The average Bonchev–Trinajstić information content (AvgIpc) is 2.31. The van der Waals surface area contributed by atoms with Gasteiger partial charge in [-0.3, -0.25) is 4.79 Å². The topological polar surface area (TPSA) is 44.1 Å². The van der Waals surface area contributed by atoms with Gasteiger partial charge >= 0.3 is 0 Å². The van der Waals surface area contributed by atoms with E-state index in [4.69, 9.17) is 28.5 Å². The zero-order chi connectivity index (χ0) is 13.9. The minimum Gasteiger partial charge on any atom is -0.332 e. The fourth-order valence-electron chi connectivity index (χ4n) is 1.66. The van der Waals surface area contributed by atoms with Crippen molar-refractivity contribution >= 4 is 29.1 Å². The molecular formula is C13H14Cl2N2O. The summed E-state index contributed by atoms with van der Waals surface area (Å²) in [7, 11) is 1.60. The standard InChI is InChI=1S/C13H14Cl2N2O/c1-13(2,12(18)17(3)7-6-16)9-4-5-10(14)11(15)8-9/h4-5,8H,7H2,1-3H3. The average molecular weight is 285 g/mol. The molecule has 18 heavy (non-hydrogen) atoms. The lowest BCUT2D eigenvalue weighted by molar-refractivity contribution is -0.134. The third-order valence-electron chi connectivity index (χ3n) is 2.83. The van der Waals surface area contributed by atoms with Crippen molar-refractivity contribution in [2.24, 2.45) is 0 Å². The molecule has 0 unspecified atom stereocenters. The highest BCUT2D eigenvalue weighted by Gasteiger charge is 2.32. The molecule has 5 heteroatoms. The quantitative estimate of drug-likeness (QED) is 0.800. The summed E-state index contributed by atoms with van der Waals surface area (Å²) in [6.07, 6.45) is 0. The van der Waals surface area contributed by atoms with Crippen molar-refractivity contribution in [2.75, 3.05) is 13.6 Å². The second kappa shape index (κ2) is 5.60. The number of rotatable bonds is 3. The summed E-state index contributed by atoms with van der Waals surface area (Å²) in [5.41, 5.74) is 0.0199. The highest BCUT2D eigenvalue weighted by atomic mass is 35.5. The fraction of sp³-hybridized carbons (Fsp3) is 0.385. The third-order valence-corrected chi connectivity index (χ3v) is 3.57. The molecule has 0 aliphatic carbocycles. The van der Waals surface area contributed by atoms with Crippen molar-refractivity contribution < 1.29 is 4.79 Å². The van der Waals surface area contributed by atoms with Gasteiger partial charge in [-0.1, -0.05) is 29.3 Å². The molecule has 3 nitrogen and oxygen atoms in total. The van der Waals surface area contributed by atoms with E-state index in [1.165, 1.54) is 4.90 Å². The first-order valence-corrected chi connectivity index (χ1v) is 6.14. The van der Waals surface area contributed by atoms with Crippen molar-refractivity contribution in [1.82, 2.24) is 4.90 Å². The van der Waals surface area contributed by atoms with Gasteiger partial charge in [0.1, 0.15) is 6.54 Å². The van der Waals surface area contributed by atoms with Gasteiger partial charge in [-0.05, 0) is 31.5 Å². The van der Waals surface area contributed by atoms with E-state index in [9.17, 15) is 4.79 Å². The van der Waals surface area contributed by atoms with E-state index in [-0.39, 0.29) is 12.5 Å². The van der Waals surface area contributed by atoms with E-state index in [2.05, 4.69) is 0 Å². The van der Waals surface area contributed by atoms with Crippen LogP contribution in [0.3, 0.4) is 0 Å². The summed E-state index contributed by atoms with van der Waals surface area (Å²) < 4.78 is 0. The lowest BCUT2D eigenvalue weighted by Crippen LogP contribution is -2.41. The molecular weight excluding hydrogens is 271 g/mol. The number of nitriles is 1. The number of hydrogen-bond acceptors (Lipinski definition) is 2. The monoisotopic (exact) mass is 284 g/mol. The molecule has 0 aromatic heterocycles. The number of likely N-dealkylation sites (N-methyl/N-ethyl adjacent to an activating group) is 1. The highest BCUT2D eigenvalue weighted by Crippen LogP contribution is 2.31. The maximum absolute atomic E-state index is 12.3. The Morgan fingerprint density at radius 3 is 2.50 bits per heavy atom. The van der Waals surface area contributed by atoms with Gasteiger partial charge in [0.2, 0.25) is 5.91 Å². The summed E-state index contributed by atoms with van der Waals surface area (Å²) in [6, 6.07) is 7.07. The van der Waals surface area contributed by atoms with Gasteiger partial charge in [0.15, 0.2) is 0 Å². The molecule has 0 aliphatic rings. The first-order valence-electron chi connectivity index (χ1n) is 5.38. The van der Waals surface area contributed by atoms with Crippen LogP contribution >= 0.6 is 23.2 Å². The molecule has 0 saturated heterocycles. The summed E-state index contributed by atoms with van der Waals surface area (Å²) in [5.74, 6) is -0.137. The molecule has 0 bridgehead atoms. The Morgan fingerprint density at radius 1 is 1.39 bits per heavy atom. The van der Waals surface area contributed by atoms with Gasteiger partial charge in [0.25, 0.3) is 0 Å². The smallest absolute Gasteiger partial charge is 0.233 e. The van der Waals surface area contributed by atoms with Gasteiger partial charge in [-0.15, -0.1) is 0 Å². The summed E-state index contributed by atoms with van der Waals surface area (Å²) in [4.78, 5) is 13.6. The van der Waals surface area contributed by atoms with Crippen LogP contribution < -0.4 is 0 Å². The Balaban J connectivity index is 3.09. The molecule has 0 fully saturated rings. The zero-order valence-electron chi connectivity index (χ0n) is 10.5. The number of carbonyl (C=O) groups excluding carboxylic acids is 1. The van der Waals surface area contributed by atoms with Gasteiger partial charge < -0.3 is 4.90 Å². The second-order valence-corrected chi connectivity index (χ2v) is 5.39. The van der Waals surface area contributed by atoms with Crippen LogP contribution in [0.25, 0.3) is 0 Å². The molecule has 1 aromatic rings. The number of nitrogens with zero attached hydrogens (tertiary/aromatic N) is 2. The molecule has 1 aromatic carbocycles. The van der Waals surface area contributed by atoms with E-state index >= 15 is 0 Å². The number of halogens is 2. The van der Waals surface area contributed by atoms with Gasteiger partial charge in [0, 0.05) is 7.05 Å². The zero-order valence-corrected chi connectivity index (χ0v) is 12.0. The van der Waals surface area contributed by atoms with Crippen LogP contribution in [0.4, 0.5) is 0 Å². The second-order valence-electron chi connectivity index (χ2n) is 4.57. The molecule has 0 radical (unpaired) electrons. The van der Waals surface area contributed by atoms with Crippen molar-refractivity contribution in [1.29, 1.82) is 5.26 Å². The molecule has 0 atom stereocenters. The van der Waals surface area contributed by atoms with Crippen LogP contribution in [-0.4, -0.2) is 24.4 Å². The highest BCUT2D eigenvalue weighted by molar-refractivity contribution is 6.42. The van der Waals surface area contributed by atoms with Crippen molar-refractivity contribution in [3.05, 3.63) is 33.8 Å². The molecule has 1 rings (SSSR count). The summed E-state index contributed by atoms with van der Waals surface area (Å²) >= 11 is 11.8. The number of hydrogen-bond donors (Lipinski definition) is 0. The Labute approximate surface area is 117 Å². The fourth-order valence-corrected chi connectivity index (χ4v) is 1.96. The predicted molar refractivity (Wildman–Crippen MR) is 72.7 cm³/mol. The van der Waals surface area contributed by atoms with E-state index in [1.807, 2.05) is 6.07 Å². The maximum atomic E-state index is 12.3. The molecule has 1 amide bonds. The first kappa shape index (κ1) is 14.8. The lowest BCUT2D eigenvalue weighted by atomic mass is 9.83. The minimum atomic E-state index is -0.750. The number of benzene rings is 1. The van der Waals surface area contributed by atoms with Crippen LogP contribution in [0.2, 0.25) is 10.0 Å². The van der Waals surface area contributed by atoms with Crippen LogP contribution in [0, 0.1) is 11.3 Å². The minimum absolute atomic E-state index is 0.0591. The Bertz CT molecular complexity index is 506. The normalized spacial score (nSPS) is 10.9. The predicted octanol–water partition coefficient (Wildman–Crippen LogP) is 3.25. The van der Waals surface area contributed by atoms with Crippen molar-refractivity contribution in [2.45, 2.75) is 19.3 Å². The molecule has 0 N–H and O–H groups in total. The van der Waals surface area contributed by atoms with E-state index in [1.54, 1.807) is 39.1 Å². The molecule has 0 saturated carbocycles. The SMILES string of the molecule is CN(CC#N)C(=O)C(C)(C)c1ccc(Cl)c(Cl)c1. The van der Waals surface area contributed by atoms with Gasteiger partial charge in [-0.2, -0.15) is 5.26 Å². The molecule has 0 spiro atoms. The largest absolute Gasteiger partial charge is 0.332 e.